The maximum absolute atomic E-state index is 12.5. The van der Waals surface area contributed by atoms with Crippen molar-refractivity contribution in [2.45, 2.75) is 26.7 Å². The van der Waals surface area contributed by atoms with Gasteiger partial charge in [0.2, 0.25) is 11.8 Å². The summed E-state index contributed by atoms with van der Waals surface area (Å²) in [6.07, 6.45) is 2.52. The lowest BCUT2D eigenvalue weighted by atomic mass is 10.1. The second-order valence-corrected chi connectivity index (χ2v) is 8.20. The zero-order valence-corrected chi connectivity index (χ0v) is 18.1. The van der Waals surface area contributed by atoms with E-state index in [1.807, 2.05) is 61.5 Å². The predicted octanol–water partition coefficient (Wildman–Crippen LogP) is 5.20. The highest BCUT2D eigenvalue weighted by molar-refractivity contribution is 7.22. The summed E-state index contributed by atoms with van der Waals surface area (Å²) in [7, 11) is 0. The topological polar surface area (TPSA) is 84.0 Å². The molecule has 2 aromatic carbocycles. The molecule has 0 saturated carbocycles. The number of benzene rings is 2. The second-order valence-electron chi connectivity index (χ2n) is 7.17. The van der Waals surface area contributed by atoms with E-state index in [-0.39, 0.29) is 11.8 Å². The van der Waals surface area contributed by atoms with E-state index >= 15 is 0 Å². The Kier molecular flexibility index (Phi) is 6.04. The van der Waals surface area contributed by atoms with Gasteiger partial charge in [-0.3, -0.25) is 14.6 Å². The molecule has 0 radical (unpaired) electrons. The van der Waals surface area contributed by atoms with E-state index in [0.29, 0.717) is 23.7 Å². The Balaban J connectivity index is 1.56. The molecule has 0 spiro atoms. The number of nitrogens with one attached hydrogen (secondary N) is 2. The number of pyridine rings is 1. The molecule has 2 heterocycles. The van der Waals surface area contributed by atoms with Crippen LogP contribution in [0, 0.1) is 6.92 Å². The summed E-state index contributed by atoms with van der Waals surface area (Å²) in [4.78, 5) is 33.1. The molecule has 156 valence electrons. The molecule has 4 rings (SSSR count). The van der Waals surface area contributed by atoms with Gasteiger partial charge in [-0.25, -0.2) is 4.98 Å². The van der Waals surface area contributed by atoms with Crippen LogP contribution >= 0.6 is 11.3 Å². The molecule has 2 N–H and O–H groups in total. The molecule has 0 saturated heterocycles. The third kappa shape index (κ3) is 4.95. The Morgan fingerprint density at radius 3 is 2.55 bits per heavy atom. The van der Waals surface area contributed by atoms with Gasteiger partial charge in [-0.15, -0.1) is 0 Å². The van der Waals surface area contributed by atoms with E-state index in [2.05, 4.69) is 20.6 Å². The number of rotatable bonds is 6. The molecule has 0 aliphatic heterocycles. The summed E-state index contributed by atoms with van der Waals surface area (Å²) in [5.41, 5.74) is 5.11. The summed E-state index contributed by atoms with van der Waals surface area (Å²) >= 11 is 1.44. The lowest BCUT2D eigenvalue weighted by Gasteiger charge is -2.10. The van der Waals surface area contributed by atoms with Crippen LogP contribution in [0.5, 0.6) is 0 Å². The van der Waals surface area contributed by atoms with Gasteiger partial charge < -0.3 is 10.6 Å². The van der Waals surface area contributed by atoms with Crippen LogP contribution in [0.1, 0.15) is 24.6 Å². The molecule has 2 aromatic heterocycles. The standard InChI is InChI=1S/C24H22N4O2S/c1-3-22(29)28-24-27-19-10-9-17(13-21(19)31-24)18-12-20(15(2)25-14-18)26-23(30)11-16-7-5-4-6-8-16/h4-10,12-14H,3,11H2,1-2H3,(H,26,30)(H,27,28,29). The van der Waals surface area contributed by atoms with Gasteiger partial charge in [0, 0.05) is 18.2 Å². The number of thiazole rings is 1. The van der Waals surface area contributed by atoms with E-state index in [4.69, 9.17) is 0 Å². The number of anilines is 2. The minimum Gasteiger partial charge on any atom is -0.324 e. The van der Waals surface area contributed by atoms with Crippen LogP contribution in [0.25, 0.3) is 21.3 Å². The van der Waals surface area contributed by atoms with Crippen LogP contribution in [-0.2, 0) is 16.0 Å². The molecule has 7 heteroatoms. The van der Waals surface area contributed by atoms with Crippen molar-refractivity contribution in [2.75, 3.05) is 10.6 Å². The van der Waals surface area contributed by atoms with Gasteiger partial charge in [0.15, 0.2) is 5.13 Å². The Morgan fingerprint density at radius 2 is 1.77 bits per heavy atom. The Bertz CT molecular complexity index is 1250. The first kappa shape index (κ1) is 20.7. The van der Waals surface area contributed by atoms with E-state index in [0.717, 1.165) is 32.6 Å². The van der Waals surface area contributed by atoms with Crippen LogP contribution in [0.2, 0.25) is 0 Å². The van der Waals surface area contributed by atoms with Crippen molar-refractivity contribution in [1.29, 1.82) is 0 Å². The van der Waals surface area contributed by atoms with E-state index in [1.165, 1.54) is 11.3 Å². The number of carbonyl (C=O) groups excluding carboxylic acids is 2. The van der Waals surface area contributed by atoms with Gasteiger partial charge in [-0.05, 0) is 36.2 Å². The smallest absolute Gasteiger partial charge is 0.228 e. The van der Waals surface area contributed by atoms with Gasteiger partial charge in [0.1, 0.15) is 0 Å². The molecular formula is C24H22N4O2S. The molecule has 4 aromatic rings. The lowest BCUT2D eigenvalue weighted by Crippen LogP contribution is -2.15. The minimum atomic E-state index is -0.0810. The maximum atomic E-state index is 12.5. The van der Waals surface area contributed by atoms with Gasteiger partial charge >= 0.3 is 0 Å². The van der Waals surface area contributed by atoms with Crippen molar-refractivity contribution >= 4 is 44.2 Å². The lowest BCUT2D eigenvalue weighted by molar-refractivity contribution is -0.116. The zero-order valence-electron chi connectivity index (χ0n) is 17.3. The highest BCUT2D eigenvalue weighted by Gasteiger charge is 2.11. The first-order chi connectivity index (χ1) is 15.0. The largest absolute Gasteiger partial charge is 0.324 e. The fourth-order valence-corrected chi connectivity index (χ4v) is 4.08. The Morgan fingerprint density at radius 1 is 0.968 bits per heavy atom. The normalized spacial score (nSPS) is 10.8. The number of aryl methyl sites for hydroxylation is 1. The number of fused-ring (bicyclic) bond motifs is 1. The molecule has 0 unspecified atom stereocenters. The van der Waals surface area contributed by atoms with Gasteiger partial charge in [0.05, 0.1) is 28.0 Å². The van der Waals surface area contributed by atoms with Crippen LogP contribution in [0.3, 0.4) is 0 Å². The van der Waals surface area contributed by atoms with Crippen molar-refractivity contribution < 1.29 is 9.59 Å². The van der Waals surface area contributed by atoms with Gasteiger partial charge in [0.25, 0.3) is 0 Å². The minimum absolute atomic E-state index is 0.0575. The third-order valence-electron chi connectivity index (χ3n) is 4.86. The highest BCUT2D eigenvalue weighted by Crippen LogP contribution is 2.31. The first-order valence-corrected chi connectivity index (χ1v) is 10.8. The van der Waals surface area contributed by atoms with Crippen LogP contribution < -0.4 is 10.6 Å². The van der Waals surface area contributed by atoms with E-state index in [9.17, 15) is 9.59 Å². The fourth-order valence-electron chi connectivity index (χ4n) is 3.16. The molecule has 0 atom stereocenters. The van der Waals surface area contributed by atoms with Gasteiger partial charge in [-0.1, -0.05) is 54.7 Å². The summed E-state index contributed by atoms with van der Waals surface area (Å²) < 4.78 is 0.971. The first-order valence-electron chi connectivity index (χ1n) is 10.0. The fraction of sp³-hybridized carbons (Fsp3) is 0.167. The monoisotopic (exact) mass is 430 g/mol. The number of carbonyl (C=O) groups is 2. The average molecular weight is 431 g/mol. The molecule has 0 bridgehead atoms. The molecule has 6 nitrogen and oxygen atoms in total. The summed E-state index contributed by atoms with van der Waals surface area (Å²) in [6.45, 7) is 3.68. The molecule has 31 heavy (non-hydrogen) atoms. The Labute approximate surface area is 184 Å². The second kappa shape index (κ2) is 9.06. The van der Waals surface area contributed by atoms with Crippen molar-refractivity contribution in [3.05, 3.63) is 72.1 Å². The summed E-state index contributed by atoms with van der Waals surface area (Å²) in [6, 6.07) is 17.5. The van der Waals surface area contributed by atoms with Gasteiger partial charge in [-0.2, -0.15) is 0 Å². The number of amides is 2. The quantitative estimate of drug-likeness (QED) is 0.441. The number of hydrogen-bond acceptors (Lipinski definition) is 5. The Hall–Kier alpha value is -3.58. The molecule has 0 aliphatic carbocycles. The molecule has 0 aliphatic rings. The SMILES string of the molecule is CCC(=O)Nc1nc2ccc(-c3cnc(C)c(NC(=O)Cc4ccccc4)c3)cc2s1. The van der Waals surface area contributed by atoms with E-state index in [1.54, 1.807) is 13.1 Å². The van der Waals surface area contributed by atoms with Crippen molar-refractivity contribution in [2.24, 2.45) is 0 Å². The molecule has 2 amide bonds. The third-order valence-corrected chi connectivity index (χ3v) is 5.79. The van der Waals surface area contributed by atoms with Crippen LogP contribution in [-0.4, -0.2) is 21.8 Å². The van der Waals surface area contributed by atoms with E-state index < -0.39 is 0 Å². The number of nitrogens with zero attached hydrogens (tertiary/aromatic N) is 2. The van der Waals surface area contributed by atoms with Crippen molar-refractivity contribution in [1.82, 2.24) is 9.97 Å². The van der Waals surface area contributed by atoms with Crippen molar-refractivity contribution in [3.63, 3.8) is 0 Å². The van der Waals surface area contributed by atoms with Crippen molar-refractivity contribution in [3.8, 4) is 11.1 Å². The molecular weight excluding hydrogens is 408 g/mol. The number of aromatic nitrogens is 2. The van der Waals surface area contributed by atoms with Crippen LogP contribution in [0.15, 0.2) is 60.8 Å². The maximum Gasteiger partial charge on any atom is 0.228 e. The van der Waals surface area contributed by atoms with Crippen LogP contribution in [0.4, 0.5) is 10.8 Å². The molecule has 0 fully saturated rings. The predicted molar refractivity (Wildman–Crippen MR) is 125 cm³/mol. The summed E-state index contributed by atoms with van der Waals surface area (Å²) in [5, 5.41) is 6.38. The highest BCUT2D eigenvalue weighted by atomic mass is 32.1. The average Bonchev–Trinajstić information content (AvgIpc) is 3.17. The summed E-state index contributed by atoms with van der Waals surface area (Å²) in [5.74, 6) is -0.139. The zero-order chi connectivity index (χ0) is 21.8. The number of hydrogen-bond donors (Lipinski definition) is 2.